The van der Waals surface area contributed by atoms with E-state index in [9.17, 15) is 4.79 Å². The summed E-state index contributed by atoms with van der Waals surface area (Å²) in [5.41, 5.74) is 0.789. The van der Waals surface area contributed by atoms with Crippen LogP contribution >= 0.6 is 0 Å². The monoisotopic (exact) mass is 276 g/mol. The van der Waals surface area contributed by atoms with Gasteiger partial charge in [0.25, 0.3) is 0 Å². The highest BCUT2D eigenvalue weighted by Gasteiger charge is 2.30. The normalized spacial score (nSPS) is 23.4. The number of piperazine rings is 1. The van der Waals surface area contributed by atoms with Crippen LogP contribution in [0.4, 0.5) is 5.95 Å². The van der Waals surface area contributed by atoms with E-state index in [1.807, 2.05) is 6.92 Å². The Balaban J connectivity index is 1.80. The number of nitrogens with zero attached hydrogens (tertiary/aromatic N) is 4. The van der Waals surface area contributed by atoms with E-state index in [1.54, 1.807) is 0 Å². The van der Waals surface area contributed by atoms with Crippen molar-refractivity contribution in [3.05, 3.63) is 17.5 Å². The van der Waals surface area contributed by atoms with Gasteiger partial charge in [0.05, 0.1) is 0 Å². The van der Waals surface area contributed by atoms with Crippen molar-refractivity contribution in [3.8, 4) is 0 Å². The molecule has 0 saturated carbocycles. The number of carboxylic acid groups (broad SMARTS) is 1. The number of anilines is 1. The summed E-state index contributed by atoms with van der Waals surface area (Å²) < 4.78 is 0. The number of piperidine rings is 1. The molecule has 3 rings (SSSR count). The van der Waals surface area contributed by atoms with Gasteiger partial charge >= 0.3 is 5.97 Å². The highest BCUT2D eigenvalue weighted by Crippen LogP contribution is 2.23. The van der Waals surface area contributed by atoms with Gasteiger partial charge in [-0.15, -0.1) is 0 Å². The third-order valence-corrected chi connectivity index (χ3v) is 4.18. The molecule has 0 amide bonds. The number of hydrogen-bond donors (Lipinski definition) is 1. The number of carbonyl (C=O) groups is 1. The average molecular weight is 276 g/mol. The summed E-state index contributed by atoms with van der Waals surface area (Å²) in [5.74, 6) is -0.430. The van der Waals surface area contributed by atoms with E-state index in [0.717, 1.165) is 19.6 Å². The fourth-order valence-corrected chi connectivity index (χ4v) is 3.14. The van der Waals surface area contributed by atoms with Gasteiger partial charge in [-0.05, 0) is 32.4 Å². The Labute approximate surface area is 118 Å². The van der Waals surface area contributed by atoms with Gasteiger partial charge < -0.3 is 10.0 Å². The summed E-state index contributed by atoms with van der Waals surface area (Å²) >= 11 is 0. The van der Waals surface area contributed by atoms with Gasteiger partial charge in [0, 0.05) is 31.4 Å². The maximum absolute atomic E-state index is 11.1. The Morgan fingerprint density at radius 2 is 2.15 bits per heavy atom. The van der Waals surface area contributed by atoms with E-state index in [1.165, 1.54) is 31.9 Å². The minimum absolute atomic E-state index is 0.0820. The molecule has 2 fully saturated rings. The largest absolute Gasteiger partial charge is 0.477 e. The summed E-state index contributed by atoms with van der Waals surface area (Å²) in [6.07, 6.45) is 3.79. The Bertz CT molecular complexity index is 520. The molecule has 1 atom stereocenters. The maximum Gasteiger partial charge on any atom is 0.354 e. The zero-order chi connectivity index (χ0) is 14.1. The van der Waals surface area contributed by atoms with Crippen molar-refractivity contribution in [2.24, 2.45) is 0 Å². The predicted molar refractivity (Wildman–Crippen MR) is 75.2 cm³/mol. The van der Waals surface area contributed by atoms with Crippen LogP contribution in [0.25, 0.3) is 0 Å². The fraction of sp³-hybridized carbons (Fsp3) is 0.643. The topological polar surface area (TPSA) is 69.6 Å². The van der Waals surface area contributed by atoms with Crippen molar-refractivity contribution in [1.29, 1.82) is 0 Å². The first-order chi connectivity index (χ1) is 9.63. The molecule has 1 aromatic heterocycles. The minimum atomic E-state index is -0.993. The van der Waals surface area contributed by atoms with E-state index in [4.69, 9.17) is 5.11 Å². The number of aromatic carboxylic acids is 1. The number of rotatable bonds is 2. The van der Waals surface area contributed by atoms with E-state index in [0.29, 0.717) is 17.7 Å². The SMILES string of the molecule is Cc1cc(C(=O)O)nc(N2CCN3CCCCC3C2)n1. The first kappa shape index (κ1) is 13.3. The third-order valence-electron chi connectivity index (χ3n) is 4.18. The molecule has 0 radical (unpaired) electrons. The van der Waals surface area contributed by atoms with Gasteiger partial charge in [-0.25, -0.2) is 14.8 Å². The molecule has 1 N–H and O–H groups in total. The minimum Gasteiger partial charge on any atom is -0.477 e. The Morgan fingerprint density at radius 3 is 2.95 bits per heavy atom. The van der Waals surface area contributed by atoms with Crippen molar-refractivity contribution < 1.29 is 9.90 Å². The number of carboxylic acids is 1. The van der Waals surface area contributed by atoms with Gasteiger partial charge in [0.15, 0.2) is 5.69 Å². The molecule has 2 aliphatic rings. The van der Waals surface area contributed by atoms with Crippen molar-refractivity contribution in [2.45, 2.75) is 32.2 Å². The molecule has 0 aromatic carbocycles. The molecule has 1 unspecified atom stereocenters. The van der Waals surface area contributed by atoms with E-state index >= 15 is 0 Å². The average Bonchev–Trinajstić information content (AvgIpc) is 2.46. The van der Waals surface area contributed by atoms with Crippen LogP contribution in [0.2, 0.25) is 0 Å². The molecule has 2 saturated heterocycles. The van der Waals surface area contributed by atoms with E-state index in [-0.39, 0.29) is 5.69 Å². The quantitative estimate of drug-likeness (QED) is 0.874. The van der Waals surface area contributed by atoms with E-state index < -0.39 is 5.97 Å². The lowest BCUT2D eigenvalue weighted by Gasteiger charge is -2.44. The Kier molecular flexibility index (Phi) is 3.56. The number of hydrogen-bond acceptors (Lipinski definition) is 5. The summed E-state index contributed by atoms with van der Waals surface area (Å²) in [5, 5.41) is 9.10. The number of aryl methyl sites for hydroxylation is 1. The number of aromatic nitrogens is 2. The van der Waals surface area contributed by atoms with Crippen molar-refractivity contribution in [3.63, 3.8) is 0 Å². The van der Waals surface area contributed by atoms with Gasteiger partial charge in [0.1, 0.15) is 0 Å². The van der Waals surface area contributed by atoms with Crippen LogP contribution in [-0.4, -0.2) is 58.2 Å². The van der Waals surface area contributed by atoms with Crippen LogP contribution in [0.1, 0.15) is 35.4 Å². The molecule has 2 aliphatic heterocycles. The smallest absolute Gasteiger partial charge is 0.354 e. The summed E-state index contributed by atoms with van der Waals surface area (Å²) in [6, 6.07) is 2.08. The van der Waals surface area contributed by atoms with Gasteiger partial charge in [-0.3, -0.25) is 4.90 Å². The van der Waals surface area contributed by atoms with Crippen molar-refractivity contribution in [2.75, 3.05) is 31.1 Å². The first-order valence-electron chi connectivity index (χ1n) is 7.21. The summed E-state index contributed by atoms with van der Waals surface area (Å²) in [6.45, 7) is 5.80. The summed E-state index contributed by atoms with van der Waals surface area (Å²) in [7, 11) is 0. The zero-order valence-corrected chi connectivity index (χ0v) is 11.7. The Morgan fingerprint density at radius 1 is 1.30 bits per heavy atom. The Hall–Kier alpha value is -1.69. The molecule has 20 heavy (non-hydrogen) atoms. The fourth-order valence-electron chi connectivity index (χ4n) is 3.14. The van der Waals surface area contributed by atoms with Gasteiger partial charge in [0.2, 0.25) is 5.95 Å². The maximum atomic E-state index is 11.1. The lowest BCUT2D eigenvalue weighted by atomic mass is 10.00. The molecule has 3 heterocycles. The predicted octanol–water partition coefficient (Wildman–Crippen LogP) is 1.16. The van der Waals surface area contributed by atoms with Crippen LogP contribution in [-0.2, 0) is 0 Å². The molecule has 0 spiro atoms. The molecular weight excluding hydrogens is 256 g/mol. The second-order valence-electron chi connectivity index (χ2n) is 5.63. The summed E-state index contributed by atoms with van der Waals surface area (Å²) in [4.78, 5) is 24.4. The molecule has 0 bridgehead atoms. The second-order valence-corrected chi connectivity index (χ2v) is 5.63. The molecule has 6 heteroatoms. The van der Waals surface area contributed by atoms with Crippen LogP contribution in [0, 0.1) is 6.92 Å². The third kappa shape index (κ3) is 2.60. The van der Waals surface area contributed by atoms with Crippen LogP contribution < -0.4 is 4.90 Å². The van der Waals surface area contributed by atoms with Crippen LogP contribution in [0.3, 0.4) is 0 Å². The van der Waals surface area contributed by atoms with Gasteiger partial charge in [-0.2, -0.15) is 0 Å². The molecule has 108 valence electrons. The lowest BCUT2D eigenvalue weighted by Crippen LogP contribution is -2.55. The van der Waals surface area contributed by atoms with E-state index in [2.05, 4.69) is 19.8 Å². The van der Waals surface area contributed by atoms with Crippen LogP contribution in [0.15, 0.2) is 6.07 Å². The van der Waals surface area contributed by atoms with Crippen molar-refractivity contribution >= 4 is 11.9 Å². The van der Waals surface area contributed by atoms with Gasteiger partial charge in [-0.1, -0.05) is 6.42 Å². The van der Waals surface area contributed by atoms with Crippen molar-refractivity contribution in [1.82, 2.24) is 14.9 Å². The molecule has 6 nitrogen and oxygen atoms in total. The second kappa shape index (κ2) is 5.36. The highest BCUT2D eigenvalue weighted by atomic mass is 16.4. The highest BCUT2D eigenvalue weighted by molar-refractivity contribution is 5.85. The zero-order valence-electron chi connectivity index (χ0n) is 11.7. The number of fused-ring (bicyclic) bond motifs is 1. The lowest BCUT2D eigenvalue weighted by molar-refractivity contribution is 0.0690. The van der Waals surface area contributed by atoms with Crippen LogP contribution in [0.5, 0.6) is 0 Å². The first-order valence-corrected chi connectivity index (χ1v) is 7.21. The standard InChI is InChI=1S/C14H20N4O2/c1-10-8-12(13(19)20)16-14(15-10)18-7-6-17-5-3-2-4-11(17)9-18/h8,11H,2-7,9H2,1H3,(H,19,20). The molecule has 0 aliphatic carbocycles. The molecule has 1 aromatic rings. The molecular formula is C14H20N4O2.